The predicted molar refractivity (Wildman–Crippen MR) is 77.4 cm³/mol. The Balaban J connectivity index is 1.95. The molecule has 5 heteroatoms. The summed E-state index contributed by atoms with van der Waals surface area (Å²) < 4.78 is 5.65. The Labute approximate surface area is 120 Å². The summed E-state index contributed by atoms with van der Waals surface area (Å²) in [5.74, 6) is 0.753. The fourth-order valence-corrected chi connectivity index (χ4v) is 2.42. The molecule has 2 heterocycles. The minimum Gasteiger partial charge on any atom is -0.475 e. The molecule has 110 valence electrons. The largest absolute Gasteiger partial charge is 0.475 e. The number of hydrogen-bond donors (Lipinski definition) is 2. The molecule has 0 bridgehead atoms. The summed E-state index contributed by atoms with van der Waals surface area (Å²) >= 11 is 0. The van der Waals surface area contributed by atoms with Crippen molar-refractivity contribution in [2.75, 3.05) is 6.54 Å². The molecule has 1 aliphatic rings. The van der Waals surface area contributed by atoms with E-state index >= 15 is 0 Å². The second-order valence-corrected chi connectivity index (χ2v) is 5.49. The highest BCUT2D eigenvalue weighted by Crippen LogP contribution is 2.18. The van der Waals surface area contributed by atoms with E-state index in [9.17, 15) is 4.79 Å². The average Bonchev–Trinajstić information content (AvgIpc) is 2.83. The van der Waals surface area contributed by atoms with Gasteiger partial charge in [-0.25, -0.2) is 4.98 Å². The van der Waals surface area contributed by atoms with Crippen LogP contribution in [0.25, 0.3) is 0 Å². The number of hydrogen-bond acceptors (Lipinski definition) is 4. The Hall–Kier alpha value is -1.62. The number of ether oxygens (including phenoxy) is 1. The lowest BCUT2D eigenvalue weighted by molar-refractivity contribution is -0.125. The Kier molecular flexibility index (Phi) is 4.95. The molecule has 0 aromatic carbocycles. The van der Waals surface area contributed by atoms with Crippen molar-refractivity contribution in [2.24, 2.45) is 5.92 Å². The molecule has 2 unspecified atom stereocenters. The monoisotopic (exact) mass is 277 g/mol. The fraction of sp³-hybridized carbons (Fsp3) is 0.600. The highest BCUT2D eigenvalue weighted by molar-refractivity contribution is 5.79. The molecule has 2 atom stereocenters. The van der Waals surface area contributed by atoms with E-state index in [1.807, 2.05) is 26.0 Å². The maximum atomic E-state index is 12.2. The van der Waals surface area contributed by atoms with Crippen LogP contribution in [0.5, 0.6) is 5.88 Å². The topological polar surface area (TPSA) is 63.2 Å². The second-order valence-electron chi connectivity index (χ2n) is 5.49. The summed E-state index contributed by atoms with van der Waals surface area (Å²) in [4.78, 5) is 16.4. The summed E-state index contributed by atoms with van der Waals surface area (Å²) in [6.07, 6.45) is 2.67. The molecule has 1 amide bonds. The predicted octanol–water partition coefficient (Wildman–Crippen LogP) is 1.48. The maximum absolute atomic E-state index is 12.2. The van der Waals surface area contributed by atoms with E-state index in [1.54, 1.807) is 6.20 Å². The van der Waals surface area contributed by atoms with Crippen molar-refractivity contribution in [3.8, 4) is 5.88 Å². The second kappa shape index (κ2) is 6.70. The minimum absolute atomic E-state index is 0.0566. The van der Waals surface area contributed by atoms with Gasteiger partial charge in [0, 0.05) is 24.3 Å². The van der Waals surface area contributed by atoms with Crippen LogP contribution in [0.1, 0.15) is 32.8 Å². The first-order valence-electron chi connectivity index (χ1n) is 7.19. The van der Waals surface area contributed by atoms with E-state index in [0.29, 0.717) is 12.4 Å². The van der Waals surface area contributed by atoms with Crippen molar-refractivity contribution in [1.82, 2.24) is 15.6 Å². The maximum Gasteiger partial charge on any atom is 0.224 e. The number of amides is 1. The smallest absolute Gasteiger partial charge is 0.224 e. The third-order valence-electron chi connectivity index (χ3n) is 3.51. The molecule has 5 nitrogen and oxygen atoms in total. The zero-order valence-electron chi connectivity index (χ0n) is 12.3. The Morgan fingerprint density at radius 1 is 1.60 bits per heavy atom. The molecular weight excluding hydrogens is 254 g/mol. The highest BCUT2D eigenvalue weighted by Gasteiger charge is 2.29. The standard InChI is InChI=1S/C15H23N3O2/c1-10(2)20-15-12(5-4-7-17-15)9-18-14(19)13-6-8-16-11(13)3/h4-5,7,10-11,13,16H,6,8-9H2,1-3H3,(H,18,19). The van der Waals surface area contributed by atoms with Gasteiger partial charge < -0.3 is 15.4 Å². The summed E-state index contributed by atoms with van der Waals surface area (Å²) in [5, 5.41) is 6.27. The minimum atomic E-state index is 0.0566. The molecule has 0 aliphatic carbocycles. The Morgan fingerprint density at radius 3 is 3.05 bits per heavy atom. The van der Waals surface area contributed by atoms with Crippen LogP contribution in [0.2, 0.25) is 0 Å². The lowest BCUT2D eigenvalue weighted by atomic mass is 10.0. The molecule has 1 fully saturated rings. The van der Waals surface area contributed by atoms with Crippen molar-refractivity contribution >= 4 is 5.91 Å². The normalized spacial score (nSPS) is 22.0. The van der Waals surface area contributed by atoms with Gasteiger partial charge in [0.05, 0.1) is 12.0 Å². The van der Waals surface area contributed by atoms with E-state index < -0.39 is 0 Å². The molecule has 0 radical (unpaired) electrons. The SMILES string of the molecule is CC(C)Oc1ncccc1CNC(=O)C1CCNC1C. The van der Waals surface area contributed by atoms with Crippen molar-refractivity contribution in [3.63, 3.8) is 0 Å². The van der Waals surface area contributed by atoms with Gasteiger partial charge in [0.25, 0.3) is 0 Å². The summed E-state index contributed by atoms with van der Waals surface area (Å²) in [6.45, 7) is 7.34. The summed E-state index contributed by atoms with van der Waals surface area (Å²) in [7, 11) is 0. The van der Waals surface area contributed by atoms with E-state index in [-0.39, 0.29) is 24.0 Å². The van der Waals surface area contributed by atoms with Gasteiger partial charge in [0.15, 0.2) is 0 Å². The average molecular weight is 277 g/mol. The van der Waals surface area contributed by atoms with Gasteiger partial charge in [0.1, 0.15) is 0 Å². The number of nitrogens with zero attached hydrogens (tertiary/aromatic N) is 1. The highest BCUT2D eigenvalue weighted by atomic mass is 16.5. The van der Waals surface area contributed by atoms with Gasteiger partial charge in [-0.2, -0.15) is 0 Å². The summed E-state index contributed by atoms with van der Waals surface area (Å²) in [6, 6.07) is 4.03. The van der Waals surface area contributed by atoms with E-state index in [2.05, 4.69) is 22.5 Å². The third kappa shape index (κ3) is 3.70. The van der Waals surface area contributed by atoms with Crippen molar-refractivity contribution in [1.29, 1.82) is 0 Å². The molecule has 2 N–H and O–H groups in total. The van der Waals surface area contributed by atoms with Crippen LogP contribution < -0.4 is 15.4 Å². The number of pyridine rings is 1. The summed E-state index contributed by atoms with van der Waals surface area (Å²) in [5.41, 5.74) is 0.910. The Morgan fingerprint density at radius 2 is 2.40 bits per heavy atom. The molecule has 1 aromatic rings. The van der Waals surface area contributed by atoms with Crippen LogP contribution in [0, 0.1) is 5.92 Å². The number of nitrogens with one attached hydrogen (secondary N) is 2. The van der Waals surface area contributed by atoms with Gasteiger partial charge in [-0.1, -0.05) is 6.07 Å². The van der Waals surface area contributed by atoms with Crippen molar-refractivity contribution < 1.29 is 9.53 Å². The number of aromatic nitrogens is 1. The van der Waals surface area contributed by atoms with Gasteiger partial charge >= 0.3 is 0 Å². The first kappa shape index (κ1) is 14.8. The van der Waals surface area contributed by atoms with Gasteiger partial charge in [-0.3, -0.25) is 4.79 Å². The number of rotatable bonds is 5. The van der Waals surface area contributed by atoms with E-state index in [4.69, 9.17) is 4.74 Å². The van der Waals surface area contributed by atoms with Crippen LogP contribution in [0.4, 0.5) is 0 Å². The Bertz CT molecular complexity index is 462. The number of carbonyl (C=O) groups is 1. The van der Waals surface area contributed by atoms with Crippen LogP contribution in [-0.2, 0) is 11.3 Å². The molecule has 1 saturated heterocycles. The molecule has 2 rings (SSSR count). The lowest BCUT2D eigenvalue weighted by Crippen LogP contribution is -2.36. The third-order valence-corrected chi connectivity index (χ3v) is 3.51. The first-order valence-corrected chi connectivity index (χ1v) is 7.19. The van der Waals surface area contributed by atoms with E-state index in [1.165, 1.54) is 0 Å². The van der Waals surface area contributed by atoms with Gasteiger partial charge in [-0.05, 0) is 39.8 Å². The molecule has 1 aliphatic heterocycles. The van der Waals surface area contributed by atoms with Crippen LogP contribution >= 0.6 is 0 Å². The zero-order valence-corrected chi connectivity index (χ0v) is 12.3. The van der Waals surface area contributed by atoms with Gasteiger partial charge in [-0.15, -0.1) is 0 Å². The fourth-order valence-electron chi connectivity index (χ4n) is 2.42. The molecular formula is C15H23N3O2. The van der Waals surface area contributed by atoms with Gasteiger partial charge in [0.2, 0.25) is 11.8 Å². The van der Waals surface area contributed by atoms with Crippen molar-refractivity contribution in [3.05, 3.63) is 23.9 Å². The van der Waals surface area contributed by atoms with Crippen molar-refractivity contribution in [2.45, 2.75) is 45.9 Å². The number of carbonyl (C=O) groups excluding carboxylic acids is 1. The van der Waals surface area contributed by atoms with Crippen LogP contribution in [0.15, 0.2) is 18.3 Å². The van der Waals surface area contributed by atoms with E-state index in [0.717, 1.165) is 18.5 Å². The molecule has 0 saturated carbocycles. The van der Waals surface area contributed by atoms with Crippen LogP contribution in [-0.4, -0.2) is 29.6 Å². The zero-order chi connectivity index (χ0) is 14.5. The quantitative estimate of drug-likeness (QED) is 0.856. The molecule has 20 heavy (non-hydrogen) atoms. The lowest BCUT2D eigenvalue weighted by Gasteiger charge is -2.16. The molecule has 1 aromatic heterocycles. The first-order chi connectivity index (χ1) is 9.58. The van der Waals surface area contributed by atoms with Crippen LogP contribution in [0.3, 0.4) is 0 Å². The molecule has 0 spiro atoms.